The molecule has 8 heteroatoms. The molecule has 1 aliphatic carbocycles. The van der Waals surface area contributed by atoms with Gasteiger partial charge in [-0.25, -0.2) is 18.4 Å². The second-order valence-electron chi connectivity index (χ2n) is 5.28. The monoisotopic (exact) mass is 322 g/mol. The van der Waals surface area contributed by atoms with Gasteiger partial charge in [-0.05, 0) is 18.9 Å². The Hall–Kier alpha value is -1.18. The van der Waals surface area contributed by atoms with Crippen molar-refractivity contribution in [2.24, 2.45) is 0 Å². The Morgan fingerprint density at radius 1 is 1.14 bits per heavy atom. The van der Waals surface area contributed by atoms with Crippen molar-refractivity contribution in [1.82, 2.24) is 9.97 Å². The lowest BCUT2D eigenvalue weighted by molar-refractivity contribution is -0.141. The largest absolute Gasteiger partial charge is 0.433 e. The number of nitrogens with zero attached hydrogens (tertiary/aromatic N) is 2. The van der Waals surface area contributed by atoms with Gasteiger partial charge in [0, 0.05) is 6.20 Å². The Morgan fingerprint density at radius 2 is 1.76 bits per heavy atom. The van der Waals surface area contributed by atoms with Gasteiger partial charge >= 0.3 is 6.18 Å². The van der Waals surface area contributed by atoms with Gasteiger partial charge in [-0.3, -0.25) is 0 Å². The summed E-state index contributed by atoms with van der Waals surface area (Å²) in [6, 6.07) is 0.738. The van der Waals surface area contributed by atoms with Crippen molar-refractivity contribution in [1.29, 1.82) is 0 Å². The first-order chi connectivity index (χ1) is 9.79. The van der Waals surface area contributed by atoms with Crippen LogP contribution in [0.1, 0.15) is 50.0 Å². The maximum Gasteiger partial charge on any atom is 0.433 e. The van der Waals surface area contributed by atoms with Gasteiger partial charge in [0.2, 0.25) is 0 Å². The van der Waals surface area contributed by atoms with Gasteiger partial charge < -0.3 is 0 Å². The van der Waals surface area contributed by atoms with Crippen LogP contribution >= 0.6 is 0 Å². The normalized spacial score (nSPS) is 18.4. The third-order valence-electron chi connectivity index (χ3n) is 3.64. The van der Waals surface area contributed by atoms with Gasteiger partial charge in [-0.2, -0.15) is 13.2 Å². The van der Waals surface area contributed by atoms with Gasteiger partial charge in [0.25, 0.3) is 0 Å². The van der Waals surface area contributed by atoms with Gasteiger partial charge in [-0.15, -0.1) is 0 Å². The smallest absolute Gasteiger partial charge is 0.240 e. The van der Waals surface area contributed by atoms with Gasteiger partial charge in [-0.1, -0.05) is 25.7 Å². The molecule has 4 nitrogen and oxygen atoms in total. The van der Waals surface area contributed by atoms with Crippen molar-refractivity contribution in [3.8, 4) is 0 Å². The highest BCUT2D eigenvalue weighted by Gasteiger charge is 2.34. The van der Waals surface area contributed by atoms with E-state index < -0.39 is 32.7 Å². The highest BCUT2D eigenvalue weighted by Crippen LogP contribution is 2.28. The third kappa shape index (κ3) is 4.39. The van der Waals surface area contributed by atoms with Crippen molar-refractivity contribution >= 4 is 9.84 Å². The summed E-state index contributed by atoms with van der Waals surface area (Å²) in [7, 11) is -3.51. The molecule has 0 N–H and O–H groups in total. The van der Waals surface area contributed by atoms with Crippen molar-refractivity contribution in [2.75, 3.05) is 0 Å². The van der Waals surface area contributed by atoms with E-state index in [4.69, 9.17) is 0 Å². The molecule has 2 rings (SSSR count). The van der Waals surface area contributed by atoms with E-state index in [0.717, 1.165) is 37.9 Å². The Bertz CT molecular complexity index is 579. The molecular formula is C13H17F3N2O2S. The lowest BCUT2D eigenvalue weighted by atomic mass is 10.2. The molecule has 0 radical (unpaired) electrons. The van der Waals surface area contributed by atoms with Crippen LogP contribution in [0.4, 0.5) is 13.2 Å². The minimum absolute atomic E-state index is 0.283. The Morgan fingerprint density at radius 3 is 2.33 bits per heavy atom. The average Bonchev–Trinajstić information content (AvgIpc) is 2.67. The fourth-order valence-electron chi connectivity index (χ4n) is 2.53. The Labute approximate surface area is 121 Å². The molecule has 118 valence electrons. The summed E-state index contributed by atoms with van der Waals surface area (Å²) in [5.74, 6) is -0.809. The van der Waals surface area contributed by atoms with E-state index in [9.17, 15) is 21.6 Å². The van der Waals surface area contributed by atoms with Crippen molar-refractivity contribution < 1.29 is 21.6 Å². The number of hydrogen-bond acceptors (Lipinski definition) is 4. The summed E-state index contributed by atoms with van der Waals surface area (Å²) in [4.78, 5) is 7.00. The molecule has 0 spiro atoms. The summed E-state index contributed by atoms with van der Waals surface area (Å²) in [6.07, 6.45) is 1.19. The number of sulfone groups is 1. The van der Waals surface area contributed by atoms with Crippen LogP contribution in [-0.2, 0) is 21.8 Å². The maximum absolute atomic E-state index is 12.6. The summed E-state index contributed by atoms with van der Waals surface area (Å²) >= 11 is 0. The van der Waals surface area contributed by atoms with E-state index in [1.54, 1.807) is 0 Å². The van der Waals surface area contributed by atoms with E-state index in [1.807, 2.05) is 0 Å². The molecule has 0 aromatic carbocycles. The van der Waals surface area contributed by atoms with E-state index >= 15 is 0 Å². The Balaban J connectivity index is 2.16. The molecule has 0 amide bonds. The summed E-state index contributed by atoms with van der Waals surface area (Å²) in [5, 5.41) is -0.488. The highest BCUT2D eigenvalue weighted by atomic mass is 32.2. The minimum atomic E-state index is -4.59. The second kappa shape index (κ2) is 6.29. The second-order valence-corrected chi connectivity index (χ2v) is 7.56. The molecular weight excluding hydrogens is 305 g/mol. The number of aromatic nitrogens is 2. The first-order valence-electron chi connectivity index (χ1n) is 6.90. The van der Waals surface area contributed by atoms with Gasteiger partial charge in [0.15, 0.2) is 9.84 Å². The highest BCUT2D eigenvalue weighted by molar-refractivity contribution is 7.91. The van der Waals surface area contributed by atoms with E-state index in [2.05, 4.69) is 9.97 Å². The van der Waals surface area contributed by atoms with Crippen molar-refractivity contribution in [3.63, 3.8) is 0 Å². The van der Waals surface area contributed by atoms with Crippen molar-refractivity contribution in [3.05, 3.63) is 23.8 Å². The van der Waals surface area contributed by atoms with E-state index in [-0.39, 0.29) is 5.82 Å². The number of rotatable bonds is 3. The van der Waals surface area contributed by atoms with Crippen molar-refractivity contribution in [2.45, 2.75) is 55.7 Å². The zero-order chi connectivity index (χ0) is 15.5. The number of alkyl halides is 3. The number of halogens is 3. The summed E-state index contributed by atoms with van der Waals surface area (Å²) < 4.78 is 62.3. The zero-order valence-corrected chi connectivity index (χ0v) is 12.3. The van der Waals surface area contributed by atoms with E-state index in [0.29, 0.717) is 12.8 Å². The van der Waals surface area contributed by atoms with Crippen LogP contribution < -0.4 is 0 Å². The van der Waals surface area contributed by atoms with Gasteiger partial charge in [0.05, 0.1) is 5.25 Å². The molecule has 0 unspecified atom stereocenters. The number of hydrogen-bond donors (Lipinski definition) is 0. The van der Waals surface area contributed by atoms with Crippen LogP contribution in [0.3, 0.4) is 0 Å². The molecule has 1 saturated carbocycles. The first-order valence-corrected chi connectivity index (χ1v) is 8.61. The average molecular weight is 322 g/mol. The van der Waals surface area contributed by atoms with Crippen LogP contribution in [0.25, 0.3) is 0 Å². The van der Waals surface area contributed by atoms with E-state index in [1.165, 1.54) is 0 Å². The lowest BCUT2D eigenvalue weighted by Gasteiger charge is -2.15. The molecule has 1 heterocycles. The van der Waals surface area contributed by atoms with Crippen LogP contribution in [-0.4, -0.2) is 23.6 Å². The van der Waals surface area contributed by atoms with Crippen LogP contribution in [0.15, 0.2) is 12.3 Å². The standard InChI is InChI=1S/C13H17F3N2O2S/c14-13(15,16)11-7-8-17-12(18-11)9-21(19,20)10-5-3-1-2-4-6-10/h7-8,10H,1-6,9H2. The molecule has 1 aliphatic rings. The molecule has 0 saturated heterocycles. The topological polar surface area (TPSA) is 59.9 Å². The zero-order valence-electron chi connectivity index (χ0n) is 11.4. The maximum atomic E-state index is 12.6. The SMILES string of the molecule is O=S(=O)(Cc1nccc(C(F)(F)F)n1)C1CCCCCC1. The molecule has 1 aromatic rings. The fourth-order valence-corrected chi connectivity index (χ4v) is 4.31. The molecule has 0 aliphatic heterocycles. The van der Waals surface area contributed by atoms with Crippen LogP contribution in [0.5, 0.6) is 0 Å². The predicted molar refractivity (Wildman–Crippen MR) is 71.1 cm³/mol. The van der Waals surface area contributed by atoms with Crippen LogP contribution in [0, 0.1) is 0 Å². The molecule has 1 aromatic heterocycles. The first kappa shape index (κ1) is 16.2. The summed E-state index contributed by atoms with van der Waals surface area (Å²) in [5.41, 5.74) is -1.11. The quantitative estimate of drug-likeness (QED) is 0.802. The predicted octanol–water partition coefficient (Wildman–Crippen LogP) is 3.13. The van der Waals surface area contributed by atoms with Gasteiger partial charge in [0.1, 0.15) is 17.3 Å². The Kier molecular flexibility index (Phi) is 4.85. The fraction of sp³-hybridized carbons (Fsp3) is 0.692. The molecule has 1 fully saturated rings. The third-order valence-corrected chi connectivity index (χ3v) is 5.78. The minimum Gasteiger partial charge on any atom is -0.240 e. The molecule has 21 heavy (non-hydrogen) atoms. The molecule has 0 bridgehead atoms. The summed E-state index contributed by atoms with van der Waals surface area (Å²) in [6.45, 7) is 0. The van der Waals surface area contributed by atoms with Crippen LogP contribution in [0.2, 0.25) is 0 Å². The molecule has 0 atom stereocenters. The lowest BCUT2D eigenvalue weighted by Crippen LogP contribution is -2.23.